The van der Waals surface area contributed by atoms with E-state index in [9.17, 15) is 18.4 Å². The Labute approximate surface area is 102 Å². The van der Waals surface area contributed by atoms with Gasteiger partial charge >= 0.3 is 0 Å². The molecule has 1 aromatic rings. The average molecular weight is 251 g/mol. The topological polar surface area (TPSA) is 37.4 Å². The second-order valence-electron chi connectivity index (χ2n) is 4.80. The number of carbonyl (C=O) groups is 2. The predicted molar refractivity (Wildman–Crippen MR) is 60.4 cm³/mol. The van der Waals surface area contributed by atoms with Crippen molar-refractivity contribution in [2.45, 2.75) is 19.3 Å². The minimum atomic E-state index is -1.10. The number of carbonyl (C=O) groups excluding carboxylic acids is 2. The number of ketones is 1. The fourth-order valence-electron chi connectivity index (χ4n) is 2.23. The Balaban J connectivity index is 1.94. The molecule has 5 heteroatoms. The summed E-state index contributed by atoms with van der Waals surface area (Å²) in [4.78, 5) is 24.7. The van der Waals surface area contributed by atoms with Gasteiger partial charge in [0.2, 0.25) is 0 Å². The van der Waals surface area contributed by atoms with E-state index in [1.165, 1.54) is 4.90 Å². The summed E-state index contributed by atoms with van der Waals surface area (Å²) in [5, 5.41) is 0. The Bertz CT molecular complexity index is 552. The van der Waals surface area contributed by atoms with Crippen LogP contribution in [0, 0.1) is 17.6 Å². The largest absolute Gasteiger partial charge is 0.305 e. The lowest BCUT2D eigenvalue weighted by molar-refractivity contribution is -0.114. The maximum absolute atomic E-state index is 13.2. The van der Waals surface area contributed by atoms with Gasteiger partial charge in [0, 0.05) is 12.6 Å². The van der Waals surface area contributed by atoms with Crippen LogP contribution in [-0.4, -0.2) is 18.2 Å². The van der Waals surface area contributed by atoms with Gasteiger partial charge in [0.25, 0.3) is 11.7 Å². The predicted octanol–water partition coefficient (Wildman–Crippen LogP) is 2.29. The van der Waals surface area contributed by atoms with Gasteiger partial charge in [-0.1, -0.05) is 12.8 Å². The van der Waals surface area contributed by atoms with Crippen LogP contribution in [0.4, 0.5) is 14.5 Å². The highest BCUT2D eigenvalue weighted by Crippen LogP contribution is 2.35. The normalized spacial score (nSPS) is 18.4. The summed E-state index contributed by atoms with van der Waals surface area (Å²) in [5.74, 6) is -2.97. The zero-order valence-corrected chi connectivity index (χ0v) is 9.58. The number of nitrogens with zero attached hydrogens (tertiary/aromatic N) is 1. The Morgan fingerprint density at radius 3 is 2.50 bits per heavy atom. The quantitative estimate of drug-likeness (QED) is 0.773. The molecule has 2 aliphatic rings. The maximum atomic E-state index is 13.2. The summed E-state index contributed by atoms with van der Waals surface area (Å²) in [6.45, 7) is 0.396. The molecule has 0 saturated heterocycles. The number of fused-ring (bicyclic) bond motifs is 1. The fourth-order valence-corrected chi connectivity index (χ4v) is 2.23. The zero-order chi connectivity index (χ0) is 12.9. The van der Waals surface area contributed by atoms with Crippen LogP contribution >= 0.6 is 0 Å². The summed E-state index contributed by atoms with van der Waals surface area (Å²) >= 11 is 0. The molecule has 1 aliphatic heterocycles. The van der Waals surface area contributed by atoms with Crippen LogP contribution in [-0.2, 0) is 4.79 Å². The second-order valence-corrected chi connectivity index (χ2v) is 4.80. The van der Waals surface area contributed by atoms with Gasteiger partial charge in [-0.2, -0.15) is 0 Å². The lowest BCUT2D eigenvalue weighted by atomic mass is 10.1. The summed E-state index contributed by atoms with van der Waals surface area (Å²) in [6.07, 6.45) is 3.08. The molecule has 1 aliphatic carbocycles. The summed E-state index contributed by atoms with van der Waals surface area (Å²) in [7, 11) is 0. The molecule has 0 N–H and O–H groups in total. The number of Topliss-reactive ketones (excluding diaryl/α,β-unsaturated/α-hetero) is 1. The van der Waals surface area contributed by atoms with Crippen molar-refractivity contribution in [3.63, 3.8) is 0 Å². The minimum absolute atomic E-state index is 0.0327. The van der Waals surface area contributed by atoms with E-state index in [-0.39, 0.29) is 11.3 Å². The molecule has 0 atom stereocenters. The van der Waals surface area contributed by atoms with Crippen LogP contribution in [0.3, 0.4) is 0 Å². The molecule has 3 nitrogen and oxygen atoms in total. The average Bonchev–Trinajstić information content (AvgIpc) is 3.12. The molecular formula is C13H11F2NO2. The first-order valence-electron chi connectivity index (χ1n) is 5.93. The molecule has 0 unspecified atom stereocenters. The first-order chi connectivity index (χ1) is 8.58. The molecule has 3 rings (SSSR count). The van der Waals surface area contributed by atoms with Crippen molar-refractivity contribution < 1.29 is 18.4 Å². The standard InChI is InChI=1S/C13H11F2NO2/c14-9-5-8-11(6-10(9)15)16(13(18)12(8)17)4-3-7-1-2-7/h5-7H,1-4H2. The third-order valence-corrected chi connectivity index (χ3v) is 3.47. The van der Waals surface area contributed by atoms with Gasteiger partial charge in [-0.15, -0.1) is 0 Å². The molecule has 94 valence electrons. The van der Waals surface area contributed by atoms with Crippen LogP contribution < -0.4 is 4.90 Å². The van der Waals surface area contributed by atoms with Crippen LogP contribution in [0.1, 0.15) is 29.6 Å². The van der Waals surface area contributed by atoms with E-state index >= 15 is 0 Å². The van der Waals surface area contributed by atoms with Gasteiger partial charge in [-0.25, -0.2) is 8.78 Å². The number of rotatable bonds is 3. The van der Waals surface area contributed by atoms with Gasteiger partial charge in [0.1, 0.15) is 0 Å². The van der Waals surface area contributed by atoms with Crippen LogP contribution in [0.5, 0.6) is 0 Å². The van der Waals surface area contributed by atoms with Crippen LogP contribution in [0.2, 0.25) is 0 Å². The number of amides is 1. The van der Waals surface area contributed by atoms with E-state index in [0.29, 0.717) is 12.5 Å². The fraction of sp³-hybridized carbons (Fsp3) is 0.385. The van der Waals surface area contributed by atoms with Crippen molar-refractivity contribution in [1.29, 1.82) is 0 Å². The summed E-state index contributed by atoms with van der Waals surface area (Å²) in [5.41, 5.74) is 0.166. The molecule has 1 aromatic carbocycles. The van der Waals surface area contributed by atoms with Crippen LogP contribution in [0.15, 0.2) is 12.1 Å². The molecular weight excluding hydrogens is 240 g/mol. The summed E-state index contributed by atoms with van der Waals surface area (Å²) < 4.78 is 26.3. The van der Waals surface area contributed by atoms with E-state index in [4.69, 9.17) is 0 Å². The van der Waals surface area contributed by atoms with Gasteiger partial charge in [-0.05, 0) is 18.4 Å². The van der Waals surface area contributed by atoms with Gasteiger partial charge in [-0.3, -0.25) is 9.59 Å². The molecule has 18 heavy (non-hydrogen) atoms. The Morgan fingerprint density at radius 1 is 1.17 bits per heavy atom. The molecule has 0 spiro atoms. The minimum Gasteiger partial charge on any atom is -0.305 e. The lowest BCUT2D eigenvalue weighted by Crippen LogP contribution is -2.30. The van der Waals surface area contributed by atoms with Gasteiger partial charge < -0.3 is 4.90 Å². The van der Waals surface area contributed by atoms with E-state index in [2.05, 4.69) is 0 Å². The highest BCUT2D eigenvalue weighted by atomic mass is 19.2. The van der Waals surface area contributed by atoms with Crippen LogP contribution in [0.25, 0.3) is 0 Å². The highest BCUT2D eigenvalue weighted by Gasteiger charge is 2.37. The molecule has 1 amide bonds. The second kappa shape index (κ2) is 3.86. The van der Waals surface area contributed by atoms with E-state index in [1.54, 1.807) is 0 Å². The SMILES string of the molecule is O=C1C(=O)N(CCC2CC2)c2cc(F)c(F)cc21. The Kier molecular flexibility index (Phi) is 2.43. The third-order valence-electron chi connectivity index (χ3n) is 3.47. The lowest BCUT2D eigenvalue weighted by Gasteiger charge is -2.16. The van der Waals surface area contributed by atoms with E-state index in [0.717, 1.165) is 31.4 Å². The molecule has 0 bridgehead atoms. The van der Waals surface area contributed by atoms with Crippen molar-refractivity contribution in [2.24, 2.45) is 5.92 Å². The van der Waals surface area contributed by atoms with Crippen molar-refractivity contribution in [3.8, 4) is 0 Å². The van der Waals surface area contributed by atoms with Gasteiger partial charge in [0.05, 0.1) is 11.3 Å². The Hall–Kier alpha value is -1.78. The Morgan fingerprint density at radius 2 is 1.83 bits per heavy atom. The number of anilines is 1. The molecule has 1 heterocycles. The van der Waals surface area contributed by atoms with Crippen molar-refractivity contribution >= 4 is 17.4 Å². The van der Waals surface area contributed by atoms with Crippen molar-refractivity contribution in [2.75, 3.05) is 11.4 Å². The maximum Gasteiger partial charge on any atom is 0.299 e. The number of benzene rings is 1. The number of halogens is 2. The third kappa shape index (κ3) is 1.70. The number of hydrogen-bond acceptors (Lipinski definition) is 2. The van der Waals surface area contributed by atoms with E-state index in [1.807, 2.05) is 0 Å². The first kappa shape index (κ1) is 11.3. The molecule has 0 radical (unpaired) electrons. The van der Waals surface area contributed by atoms with E-state index < -0.39 is 23.3 Å². The monoisotopic (exact) mass is 251 g/mol. The van der Waals surface area contributed by atoms with Gasteiger partial charge in [0.15, 0.2) is 11.6 Å². The number of hydrogen-bond donors (Lipinski definition) is 0. The first-order valence-corrected chi connectivity index (χ1v) is 5.93. The van der Waals surface area contributed by atoms with Crippen molar-refractivity contribution in [3.05, 3.63) is 29.3 Å². The molecule has 1 fully saturated rings. The molecule has 0 aromatic heterocycles. The summed E-state index contributed by atoms with van der Waals surface area (Å²) in [6, 6.07) is 1.74. The van der Waals surface area contributed by atoms with Crippen molar-refractivity contribution in [1.82, 2.24) is 0 Å². The smallest absolute Gasteiger partial charge is 0.299 e. The zero-order valence-electron chi connectivity index (χ0n) is 9.58. The molecule has 1 saturated carbocycles. The highest BCUT2D eigenvalue weighted by molar-refractivity contribution is 6.52.